The second-order valence-electron chi connectivity index (χ2n) is 7.87. The quantitative estimate of drug-likeness (QED) is 0.549. The summed E-state index contributed by atoms with van der Waals surface area (Å²) in [7, 11) is 2.37. The van der Waals surface area contributed by atoms with Gasteiger partial charge in [-0.2, -0.15) is 0 Å². The molecule has 1 atom stereocenters. The van der Waals surface area contributed by atoms with E-state index in [0.717, 1.165) is 23.0 Å². The first-order valence-corrected chi connectivity index (χ1v) is 9.24. The lowest BCUT2D eigenvalue weighted by Gasteiger charge is -2.41. The molecule has 0 amide bonds. The van der Waals surface area contributed by atoms with Crippen LogP contribution < -0.4 is 24.0 Å². The van der Waals surface area contributed by atoms with E-state index in [1.165, 1.54) is 58.0 Å². The summed E-state index contributed by atoms with van der Waals surface area (Å²) in [5.74, 6) is 0.442. The predicted molar refractivity (Wildman–Crippen MR) is 91.6 cm³/mol. The summed E-state index contributed by atoms with van der Waals surface area (Å²) in [5.41, 5.74) is 0.527. The molecule has 0 spiro atoms. The standard InChI is InChI=1S/C20H32NO.HI/c1-21(15-8-9-16-21)17-14-20(22,18-10-4-2-5-11-18)19-12-6-3-7-13-19;/h2,4-5,10-11,19,22H,3,6-9,12-17H2,1H3;1H/q+1;/p-1/t20-;/m0./s1. The summed E-state index contributed by atoms with van der Waals surface area (Å²) in [4.78, 5) is 0. The number of likely N-dealkylation sites (tertiary alicyclic amines) is 1. The molecule has 1 saturated heterocycles. The first-order chi connectivity index (χ1) is 10.6. The zero-order valence-corrected chi connectivity index (χ0v) is 16.7. The number of nitrogens with zero attached hydrogens (tertiary/aromatic N) is 1. The Bertz CT molecular complexity index is 466. The van der Waals surface area contributed by atoms with Gasteiger partial charge in [0.05, 0.1) is 32.3 Å². The fourth-order valence-corrected chi connectivity index (χ4v) is 4.65. The van der Waals surface area contributed by atoms with Crippen molar-refractivity contribution in [3.05, 3.63) is 35.9 Å². The minimum Gasteiger partial charge on any atom is -1.00 e. The van der Waals surface area contributed by atoms with Gasteiger partial charge in [-0.3, -0.25) is 0 Å². The Morgan fingerprint density at radius 2 is 1.61 bits per heavy atom. The molecule has 2 nitrogen and oxygen atoms in total. The van der Waals surface area contributed by atoms with E-state index in [4.69, 9.17) is 0 Å². The summed E-state index contributed by atoms with van der Waals surface area (Å²) in [6.07, 6.45) is 9.91. The molecule has 2 aliphatic rings. The molecule has 1 aliphatic carbocycles. The number of hydrogen-bond acceptors (Lipinski definition) is 1. The molecule has 2 fully saturated rings. The van der Waals surface area contributed by atoms with Crippen LogP contribution in [-0.2, 0) is 5.60 Å². The molecular weight excluding hydrogens is 397 g/mol. The number of halogens is 1. The number of benzene rings is 1. The predicted octanol–water partition coefficient (Wildman–Crippen LogP) is 1.09. The summed E-state index contributed by atoms with van der Waals surface area (Å²) in [5, 5.41) is 11.7. The van der Waals surface area contributed by atoms with E-state index >= 15 is 0 Å². The van der Waals surface area contributed by atoms with Crippen LogP contribution in [0.5, 0.6) is 0 Å². The van der Waals surface area contributed by atoms with Crippen molar-refractivity contribution >= 4 is 0 Å². The topological polar surface area (TPSA) is 20.2 Å². The molecule has 1 aliphatic heterocycles. The normalized spacial score (nSPS) is 23.9. The Labute approximate surface area is 158 Å². The van der Waals surface area contributed by atoms with Gasteiger partial charge in [0.25, 0.3) is 0 Å². The van der Waals surface area contributed by atoms with E-state index in [9.17, 15) is 5.11 Å². The van der Waals surface area contributed by atoms with Crippen molar-refractivity contribution in [2.75, 3.05) is 26.7 Å². The zero-order chi connectivity index (χ0) is 15.5. The number of aliphatic hydroxyl groups is 1. The summed E-state index contributed by atoms with van der Waals surface area (Å²) < 4.78 is 1.15. The van der Waals surface area contributed by atoms with Crippen molar-refractivity contribution in [3.8, 4) is 0 Å². The van der Waals surface area contributed by atoms with Crippen LogP contribution >= 0.6 is 0 Å². The fraction of sp³-hybridized carbons (Fsp3) is 0.700. The van der Waals surface area contributed by atoms with Crippen LogP contribution in [0, 0.1) is 5.92 Å². The van der Waals surface area contributed by atoms with E-state index in [1.807, 2.05) is 0 Å². The summed E-state index contributed by atoms with van der Waals surface area (Å²) in [6.45, 7) is 3.69. The second-order valence-corrected chi connectivity index (χ2v) is 7.87. The molecule has 0 unspecified atom stereocenters. The van der Waals surface area contributed by atoms with E-state index in [2.05, 4.69) is 37.4 Å². The SMILES string of the molecule is C[N+]1(CC[C@](O)(c2ccccc2)C2CCCCC2)CCCC1.[I-]. The third-order valence-electron chi connectivity index (χ3n) is 6.23. The molecule has 1 heterocycles. The molecule has 3 heteroatoms. The smallest absolute Gasteiger partial charge is 0.0978 e. The molecule has 3 rings (SSSR count). The maximum atomic E-state index is 11.7. The van der Waals surface area contributed by atoms with Crippen LogP contribution in [0.2, 0.25) is 0 Å². The third kappa shape index (κ3) is 4.49. The van der Waals surface area contributed by atoms with Gasteiger partial charge in [-0.25, -0.2) is 0 Å². The van der Waals surface area contributed by atoms with Gasteiger partial charge in [0.2, 0.25) is 0 Å². The molecule has 1 N–H and O–H groups in total. The molecule has 0 aromatic heterocycles. The van der Waals surface area contributed by atoms with Crippen LogP contribution in [0.15, 0.2) is 30.3 Å². The Morgan fingerprint density at radius 3 is 2.22 bits per heavy atom. The first kappa shape index (κ1) is 19.2. The lowest BCUT2D eigenvalue weighted by Crippen LogP contribution is -3.00. The van der Waals surface area contributed by atoms with Crippen molar-refractivity contribution in [1.29, 1.82) is 0 Å². The minimum atomic E-state index is -0.620. The van der Waals surface area contributed by atoms with Crippen LogP contribution in [0.4, 0.5) is 0 Å². The average molecular weight is 429 g/mol. The summed E-state index contributed by atoms with van der Waals surface area (Å²) in [6, 6.07) is 10.5. The van der Waals surface area contributed by atoms with Crippen LogP contribution in [0.3, 0.4) is 0 Å². The molecule has 1 saturated carbocycles. The van der Waals surface area contributed by atoms with Gasteiger partial charge in [-0.05, 0) is 24.3 Å². The highest BCUT2D eigenvalue weighted by atomic mass is 127. The highest BCUT2D eigenvalue weighted by Crippen LogP contribution is 2.42. The highest BCUT2D eigenvalue weighted by Gasteiger charge is 2.41. The number of rotatable bonds is 5. The molecule has 23 heavy (non-hydrogen) atoms. The van der Waals surface area contributed by atoms with Gasteiger partial charge >= 0.3 is 0 Å². The lowest BCUT2D eigenvalue weighted by atomic mass is 9.71. The molecule has 130 valence electrons. The zero-order valence-electron chi connectivity index (χ0n) is 14.5. The Morgan fingerprint density at radius 1 is 1.00 bits per heavy atom. The maximum absolute atomic E-state index is 11.7. The van der Waals surface area contributed by atoms with Crippen molar-refractivity contribution in [1.82, 2.24) is 0 Å². The highest BCUT2D eigenvalue weighted by molar-refractivity contribution is 5.23. The van der Waals surface area contributed by atoms with Crippen LogP contribution in [0.1, 0.15) is 56.9 Å². The molecule has 0 radical (unpaired) electrons. The van der Waals surface area contributed by atoms with Gasteiger partial charge in [0, 0.05) is 19.3 Å². The van der Waals surface area contributed by atoms with Crippen molar-refractivity contribution in [3.63, 3.8) is 0 Å². The third-order valence-corrected chi connectivity index (χ3v) is 6.23. The minimum absolute atomic E-state index is 0. The average Bonchev–Trinajstić information content (AvgIpc) is 3.01. The largest absolute Gasteiger partial charge is 1.00 e. The van der Waals surface area contributed by atoms with Gasteiger partial charge in [-0.15, -0.1) is 0 Å². The summed E-state index contributed by atoms with van der Waals surface area (Å²) >= 11 is 0. The molecule has 1 aromatic rings. The molecule has 1 aromatic carbocycles. The molecular formula is C20H32INO. The van der Waals surface area contributed by atoms with Crippen molar-refractivity contribution < 1.29 is 33.6 Å². The van der Waals surface area contributed by atoms with E-state index < -0.39 is 5.60 Å². The van der Waals surface area contributed by atoms with Gasteiger partial charge < -0.3 is 33.6 Å². The second kappa shape index (κ2) is 8.30. The fourth-order valence-electron chi connectivity index (χ4n) is 4.65. The monoisotopic (exact) mass is 429 g/mol. The van der Waals surface area contributed by atoms with E-state index in [0.29, 0.717) is 5.92 Å². The van der Waals surface area contributed by atoms with E-state index in [1.54, 1.807) is 0 Å². The van der Waals surface area contributed by atoms with Gasteiger partial charge in [0.15, 0.2) is 0 Å². The van der Waals surface area contributed by atoms with Crippen LogP contribution in [0.25, 0.3) is 0 Å². The Hall–Kier alpha value is -0.130. The van der Waals surface area contributed by atoms with E-state index in [-0.39, 0.29) is 24.0 Å². The van der Waals surface area contributed by atoms with Crippen LogP contribution in [-0.4, -0.2) is 36.3 Å². The van der Waals surface area contributed by atoms with Gasteiger partial charge in [-0.1, -0.05) is 49.6 Å². The first-order valence-electron chi connectivity index (χ1n) is 9.24. The van der Waals surface area contributed by atoms with Crippen molar-refractivity contribution in [2.24, 2.45) is 5.92 Å². The van der Waals surface area contributed by atoms with Crippen molar-refractivity contribution in [2.45, 2.75) is 57.0 Å². The Balaban J connectivity index is 0.00000192. The number of quaternary nitrogens is 1. The Kier molecular flexibility index (Phi) is 6.93. The lowest BCUT2D eigenvalue weighted by molar-refractivity contribution is -0.898. The maximum Gasteiger partial charge on any atom is 0.0978 e. The van der Waals surface area contributed by atoms with Gasteiger partial charge in [0.1, 0.15) is 0 Å². The molecule has 0 bridgehead atoms. The number of hydrogen-bond donors (Lipinski definition) is 1.